The normalized spacial score (nSPS) is 16.9. The quantitative estimate of drug-likeness (QED) is 0.782. The Kier molecular flexibility index (Phi) is 5.95. The average molecular weight is 307 g/mol. The number of hydrogen-bond donors (Lipinski definition) is 1. The third-order valence-corrected chi connectivity index (χ3v) is 4.35. The first-order chi connectivity index (χ1) is 10.5. The molecule has 0 heterocycles. The van der Waals surface area contributed by atoms with Gasteiger partial charge < -0.3 is 10.1 Å². The van der Waals surface area contributed by atoms with Crippen LogP contribution in [0, 0.1) is 5.82 Å². The van der Waals surface area contributed by atoms with Crippen molar-refractivity contribution in [2.45, 2.75) is 57.5 Å². The third kappa shape index (κ3) is 4.07. The largest absolute Gasteiger partial charge is 0.379 e. The van der Waals surface area contributed by atoms with Gasteiger partial charge in [0.05, 0.1) is 11.5 Å². The Balaban J connectivity index is 1.95. The second kappa shape index (κ2) is 7.73. The molecule has 1 amide bonds. The number of rotatable bonds is 7. The van der Waals surface area contributed by atoms with Crippen molar-refractivity contribution in [3.05, 3.63) is 35.6 Å². The summed E-state index contributed by atoms with van der Waals surface area (Å²) in [5.41, 5.74) is 0.453. The minimum Gasteiger partial charge on any atom is -0.379 e. The first-order valence-electron chi connectivity index (χ1n) is 8.20. The minimum absolute atomic E-state index is 0.0705. The Morgan fingerprint density at radius 3 is 2.50 bits per heavy atom. The van der Waals surface area contributed by atoms with Crippen molar-refractivity contribution in [3.63, 3.8) is 0 Å². The Hall–Kier alpha value is -1.42. The van der Waals surface area contributed by atoms with Crippen LogP contribution >= 0.6 is 0 Å². The summed E-state index contributed by atoms with van der Waals surface area (Å²) in [6.45, 7) is 5.28. The van der Waals surface area contributed by atoms with Gasteiger partial charge in [0, 0.05) is 13.2 Å². The maximum atomic E-state index is 13.1. The van der Waals surface area contributed by atoms with Gasteiger partial charge in [0.1, 0.15) is 5.82 Å². The molecule has 0 aliphatic heterocycles. The highest BCUT2D eigenvalue weighted by Crippen LogP contribution is 2.41. The molecule has 3 nitrogen and oxygen atoms in total. The van der Waals surface area contributed by atoms with Gasteiger partial charge in [0.2, 0.25) is 5.91 Å². The highest BCUT2D eigenvalue weighted by atomic mass is 19.1. The number of benzene rings is 1. The predicted octanol–water partition coefficient (Wildman–Crippen LogP) is 3.57. The molecule has 0 radical (unpaired) electrons. The van der Waals surface area contributed by atoms with Crippen LogP contribution in [0.4, 0.5) is 4.39 Å². The van der Waals surface area contributed by atoms with Crippen molar-refractivity contribution in [1.82, 2.24) is 5.32 Å². The zero-order valence-electron chi connectivity index (χ0n) is 13.5. The first-order valence-corrected chi connectivity index (χ1v) is 8.20. The average Bonchev–Trinajstić information content (AvgIpc) is 2.98. The Bertz CT molecular complexity index is 478. The molecule has 1 aromatic rings. The number of carbonyl (C=O) groups excluding carboxylic acids is 1. The van der Waals surface area contributed by atoms with Crippen LogP contribution in [0.25, 0.3) is 0 Å². The van der Waals surface area contributed by atoms with Crippen molar-refractivity contribution in [1.29, 1.82) is 0 Å². The smallest absolute Gasteiger partial charge is 0.230 e. The van der Waals surface area contributed by atoms with Crippen LogP contribution in [0.3, 0.4) is 0 Å². The monoisotopic (exact) mass is 307 g/mol. The van der Waals surface area contributed by atoms with Crippen LogP contribution < -0.4 is 5.32 Å². The molecule has 0 aromatic heterocycles. The highest BCUT2D eigenvalue weighted by molar-refractivity contribution is 5.88. The van der Waals surface area contributed by atoms with Gasteiger partial charge in [-0.2, -0.15) is 0 Å². The van der Waals surface area contributed by atoms with E-state index in [0.29, 0.717) is 13.2 Å². The number of amides is 1. The molecule has 0 bridgehead atoms. The van der Waals surface area contributed by atoms with E-state index in [2.05, 4.69) is 5.32 Å². The second-order valence-electron chi connectivity index (χ2n) is 6.33. The van der Waals surface area contributed by atoms with Gasteiger partial charge in [-0.15, -0.1) is 0 Å². The third-order valence-electron chi connectivity index (χ3n) is 4.35. The van der Waals surface area contributed by atoms with E-state index in [4.69, 9.17) is 4.74 Å². The van der Waals surface area contributed by atoms with Gasteiger partial charge in [-0.05, 0) is 50.8 Å². The molecule has 4 heteroatoms. The fraction of sp³-hybridized carbons (Fsp3) is 0.611. The Morgan fingerprint density at radius 1 is 1.27 bits per heavy atom. The van der Waals surface area contributed by atoms with E-state index in [1.165, 1.54) is 12.1 Å². The zero-order valence-corrected chi connectivity index (χ0v) is 13.5. The summed E-state index contributed by atoms with van der Waals surface area (Å²) in [4.78, 5) is 12.7. The van der Waals surface area contributed by atoms with Crippen LogP contribution in [0.1, 0.15) is 51.5 Å². The number of halogens is 1. The van der Waals surface area contributed by atoms with Crippen LogP contribution in [-0.4, -0.2) is 25.2 Å². The van der Waals surface area contributed by atoms with Crippen LogP contribution in [0.5, 0.6) is 0 Å². The van der Waals surface area contributed by atoms with Crippen LogP contribution in [0.2, 0.25) is 0 Å². The lowest BCUT2D eigenvalue weighted by molar-refractivity contribution is -0.126. The molecule has 1 aliphatic carbocycles. The molecule has 0 saturated heterocycles. The van der Waals surface area contributed by atoms with Gasteiger partial charge >= 0.3 is 0 Å². The lowest BCUT2D eigenvalue weighted by Crippen LogP contribution is -2.43. The summed E-state index contributed by atoms with van der Waals surface area (Å²) in [6, 6.07) is 6.39. The maximum absolute atomic E-state index is 13.1. The summed E-state index contributed by atoms with van der Waals surface area (Å²) in [7, 11) is 0. The molecule has 122 valence electrons. The van der Waals surface area contributed by atoms with Gasteiger partial charge in [-0.3, -0.25) is 4.79 Å². The minimum atomic E-state index is -0.480. The lowest BCUT2D eigenvalue weighted by atomic mass is 9.78. The lowest BCUT2D eigenvalue weighted by Gasteiger charge is -2.28. The molecule has 0 spiro atoms. The summed E-state index contributed by atoms with van der Waals surface area (Å²) >= 11 is 0. The predicted molar refractivity (Wildman–Crippen MR) is 85.3 cm³/mol. The number of carbonyl (C=O) groups is 1. The SMILES string of the molecule is CC(C)OCCCNC(=O)C1(c2ccc(F)cc2)CCCC1. The van der Waals surface area contributed by atoms with E-state index in [1.54, 1.807) is 12.1 Å². The van der Waals surface area contributed by atoms with Crippen LogP contribution in [0.15, 0.2) is 24.3 Å². The molecule has 2 rings (SSSR count). The summed E-state index contributed by atoms with van der Waals surface area (Å²) < 4.78 is 18.6. The Labute approximate surface area is 132 Å². The zero-order chi connectivity index (χ0) is 16.0. The molecule has 1 aromatic carbocycles. The summed E-state index contributed by atoms with van der Waals surface area (Å²) in [6.07, 6.45) is 4.79. The molecule has 1 N–H and O–H groups in total. The van der Waals surface area contributed by atoms with Gasteiger partial charge in [0.25, 0.3) is 0 Å². The fourth-order valence-corrected chi connectivity index (χ4v) is 3.16. The standard InChI is InChI=1S/C18H26FNO2/c1-14(2)22-13-5-12-20-17(21)18(10-3-4-11-18)15-6-8-16(19)9-7-15/h6-9,14H,3-5,10-13H2,1-2H3,(H,20,21). The Morgan fingerprint density at radius 2 is 1.91 bits per heavy atom. The number of ether oxygens (including phenoxy) is 1. The molecule has 1 saturated carbocycles. The highest BCUT2D eigenvalue weighted by Gasteiger charge is 2.42. The molecular weight excluding hydrogens is 281 g/mol. The molecule has 22 heavy (non-hydrogen) atoms. The number of hydrogen-bond acceptors (Lipinski definition) is 2. The van der Waals surface area contributed by atoms with Crippen molar-refractivity contribution >= 4 is 5.91 Å². The molecule has 0 atom stereocenters. The van der Waals surface area contributed by atoms with E-state index in [0.717, 1.165) is 37.7 Å². The second-order valence-corrected chi connectivity index (χ2v) is 6.33. The first kappa shape index (κ1) is 16.9. The number of nitrogens with one attached hydrogen (secondary N) is 1. The van der Waals surface area contributed by atoms with Crippen molar-refractivity contribution in [2.24, 2.45) is 0 Å². The topological polar surface area (TPSA) is 38.3 Å². The van der Waals surface area contributed by atoms with E-state index >= 15 is 0 Å². The van der Waals surface area contributed by atoms with E-state index < -0.39 is 5.41 Å². The van der Waals surface area contributed by atoms with Crippen molar-refractivity contribution < 1.29 is 13.9 Å². The molecular formula is C18H26FNO2. The molecule has 0 unspecified atom stereocenters. The van der Waals surface area contributed by atoms with Gasteiger partial charge in [-0.25, -0.2) is 4.39 Å². The molecule has 1 aliphatic rings. The van der Waals surface area contributed by atoms with Gasteiger partial charge in [-0.1, -0.05) is 25.0 Å². The van der Waals surface area contributed by atoms with E-state index in [-0.39, 0.29) is 17.8 Å². The van der Waals surface area contributed by atoms with Crippen molar-refractivity contribution in [2.75, 3.05) is 13.2 Å². The van der Waals surface area contributed by atoms with E-state index in [9.17, 15) is 9.18 Å². The summed E-state index contributed by atoms with van der Waals surface area (Å²) in [5, 5.41) is 3.04. The van der Waals surface area contributed by atoms with E-state index in [1.807, 2.05) is 13.8 Å². The van der Waals surface area contributed by atoms with Crippen molar-refractivity contribution in [3.8, 4) is 0 Å². The summed E-state index contributed by atoms with van der Waals surface area (Å²) in [5.74, 6) is -0.190. The maximum Gasteiger partial charge on any atom is 0.230 e. The van der Waals surface area contributed by atoms with Gasteiger partial charge in [0.15, 0.2) is 0 Å². The molecule has 1 fully saturated rings. The van der Waals surface area contributed by atoms with Crippen LogP contribution in [-0.2, 0) is 14.9 Å². The fourth-order valence-electron chi connectivity index (χ4n) is 3.16.